The van der Waals surface area contributed by atoms with Crippen molar-refractivity contribution in [3.05, 3.63) is 54.5 Å². The van der Waals surface area contributed by atoms with Gasteiger partial charge < -0.3 is 14.6 Å². The van der Waals surface area contributed by atoms with Crippen molar-refractivity contribution in [2.24, 2.45) is 0 Å². The molecule has 0 saturated carbocycles. The Morgan fingerprint density at radius 2 is 1.95 bits per heavy atom. The van der Waals surface area contributed by atoms with Gasteiger partial charge >= 0.3 is 0 Å². The van der Waals surface area contributed by atoms with Gasteiger partial charge in [-0.25, -0.2) is 4.39 Å². The number of H-pyrrole nitrogens is 1. The maximum absolute atomic E-state index is 13.7. The molecule has 0 unspecified atom stereocenters. The summed E-state index contributed by atoms with van der Waals surface area (Å²) in [5.41, 5.74) is 0.830. The summed E-state index contributed by atoms with van der Waals surface area (Å²) in [5, 5.41) is 16.8. The number of phenolic OH excluding ortho intramolecular Hbond substituents is 1. The van der Waals surface area contributed by atoms with Crippen LogP contribution in [0.25, 0.3) is 11.3 Å². The Kier molecular flexibility index (Phi) is 3.65. The number of nitrogens with zero attached hydrogens (tertiary/aromatic N) is 1. The van der Waals surface area contributed by atoms with Crippen molar-refractivity contribution in [2.75, 3.05) is 7.11 Å². The number of aromatic hydroxyl groups is 1. The zero-order valence-electron chi connectivity index (χ0n) is 11.7. The van der Waals surface area contributed by atoms with Crippen LogP contribution in [0.5, 0.6) is 23.0 Å². The molecule has 0 saturated heterocycles. The average Bonchev–Trinajstić information content (AvgIpc) is 2.97. The molecule has 6 heteroatoms. The number of ether oxygens (including phenoxy) is 2. The van der Waals surface area contributed by atoms with Crippen LogP contribution < -0.4 is 9.47 Å². The lowest BCUT2D eigenvalue weighted by Gasteiger charge is -2.08. The number of aromatic amines is 1. The fourth-order valence-electron chi connectivity index (χ4n) is 2.03. The summed E-state index contributed by atoms with van der Waals surface area (Å²) in [6.07, 6.45) is 1.49. The van der Waals surface area contributed by atoms with E-state index in [9.17, 15) is 9.50 Å². The molecule has 0 aliphatic rings. The van der Waals surface area contributed by atoms with Crippen LogP contribution in [0.2, 0.25) is 0 Å². The van der Waals surface area contributed by atoms with E-state index in [4.69, 9.17) is 9.47 Å². The molecule has 0 atom stereocenters. The Hall–Kier alpha value is -3.02. The van der Waals surface area contributed by atoms with Crippen molar-refractivity contribution in [3.8, 4) is 34.3 Å². The molecule has 3 aromatic rings. The average molecular weight is 300 g/mol. The first-order valence-corrected chi connectivity index (χ1v) is 6.52. The summed E-state index contributed by atoms with van der Waals surface area (Å²) in [6.45, 7) is 0. The summed E-state index contributed by atoms with van der Waals surface area (Å²) >= 11 is 0. The topological polar surface area (TPSA) is 67.4 Å². The summed E-state index contributed by atoms with van der Waals surface area (Å²) in [7, 11) is 1.51. The van der Waals surface area contributed by atoms with Crippen LogP contribution in [0.3, 0.4) is 0 Å². The third kappa shape index (κ3) is 2.58. The fraction of sp³-hybridized carbons (Fsp3) is 0.0625. The van der Waals surface area contributed by atoms with Gasteiger partial charge in [0.05, 0.1) is 13.3 Å². The SMILES string of the molecule is COc1ccc(-c2n[nH]cc2Oc2ccccc2F)c(O)c1. The highest BCUT2D eigenvalue weighted by Crippen LogP contribution is 2.38. The molecule has 0 aliphatic carbocycles. The fourth-order valence-corrected chi connectivity index (χ4v) is 2.03. The second-order valence-electron chi connectivity index (χ2n) is 4.51. The lowest BCUT2D eigenvalue weighted by atomic mass is 10.1. The predicted octanol–water partition coefficient (Wildman–Crippen LogP) is 3.72. The highest BCUT2D eigenvalue weighted by atomic mass is 19.1. The van der Waals surface area contributed by atoms with Gasteiger partial charge in [-0.3, -0.25) is 5.10 Å². The molecule has 0 bridgehead atoms. The Morgan fingerprint density at radius 3 is 2.68 bits per heavy atom. The zero-order valence-corrected chi connectivity index (χ0v) is 11.7. The molecule has 0 aliphatic heterocycles. The first-order valence-electron chi connectivity index (χ1n) is 6.52. The van der Waals surface area contributed by atoms with Crippen molar-refractivity contribution >= 4 is 0 Å². The van der Waals surface area contributed by atoms with Crippen LogP contribution in [0, 0.1) is 5.82 Å². The maximum atomic E-state index is 13.7. The van der Waals surface area contributed by atoms with Crippen LogP contribution in [-0.4, -0.2) is 22.4 Å². The number of benzene rings is 2. The van der Waals surface area contributed by atoms with Gasteiger partial charge in [-0.1, -0.05) is 12.1 Å². The molecule has 5 nitrogen and oxygen atoms in total. The quantitative estimate of drug-likeness (QED) is 0.770. The standard InChI is InChI=1S/C16H13FN2O3/c1-21-10-6-7-11(13(20)8-10)16-15(9-18-19-16)22-14-5-3-2-4-12(14)17/h2-9,20H,1H3,(H,18,19). The number of rotatable bonds is 4. The Balaban J connectivity index is 1.97. The highest BCUT2D eigenvalue weighted by Gasteiger charge is 2.16. The van der Waals surface area contributed by atoms with Gasteiger partial charge in [-0.05, 0) is 24.3 Å². The van der Waals surface area contributed by atoms with Gasteiger partial charge in [0.25, 0.3) is 0 Å². The third-order valence-corrected chi connectivity index (χ3v) is 3.12. The van der Waals surface area contributed by atoms with Gasteiger partial charge in [0.1, 0.15) is 17.2 Å². The molecule has 0 spiro atoms. The normalized spacial score (nSPS) is 10.5. The number of phenols is 1. The first-order chi connectivity index (χ1) is 10.7. The summed E-state index contributed by atoms with van der Waals surface area (Å²) in [4.78, 5) is 0. The number of hydrogen-bond donors (Lipinski definition) is 2. The van der Waals surface area contributed by atoms with Crippen LogP contribution in [-0.2, 0) is 0 Å². The van der Waals surface area contributed by atoms with Gasteiger partial charge in [0.2, 0.25) is 0 Å². The van der Waals surface area contributed by atoms with E-state index in [-0.39, 0.29) is 11.5 Å². The minimum Gasteiger partial charge on any atom is -0.507 e. The van der Waals surface area contributed by atoms with Gasteiger partial charge in [-0.2, -0.15) is 5.10 Å². The monoisotopic (exact) mass is 300 g/mol. The van der Waals surface area contributed by atoms with E-state index in [0.29, 0.717) is 22.8 Å². The van der Waals surface area contributed by atoms with E-state index in [2.05, 4.69) is 10.2 Å². The van der Waals surface area contributed by atoms with E-state index in [1.54, 1.807) is 24.3 Å². The molecule has 112 valence electrons. The Labute approximate surface area is 125 Å². The summed E-state index contributed by atoms with van der Waals surface area (Å²) < 4.78 is 24.2. The largest absolute Gasteiger partial charge is 0.507 e. The molecule has 0 amide bonds. The van der Waals surface area contributed by atoms with E-state index >= 15 is 0 Å². The second-order valence-corrected chi connectivity index (χ2v) is 4.51. The minimum absolute atomic E-state index is 0.00941. The van der Waals surface area contributed by atoms with Gasteiger partial charge in [0, 0.05) is 11.6 Å². The second kappa shape index (κ2) is 5.77. The summed E-state index contributed by atoms with van der Waals surface area (Å²) in [5.74, 6) is 0.426. The highest BCUT2D eigenvalue weighted by molar-refractivity contribution is 5.73. The lowest BCUT2D eigenvalue weighted by Crippen LogP contribution is -1.90. The van der Waals surface area contributed by atoms with Crippen molar-refractivity contribution < 1.29 is 19.0 Å². The van der Waals surface area contributed by atoms with Crippen LogP contribution in [0.15, 0.2) is 48.7 Å². The summed E-state index contributed by atoms with van der Waals surface area (Å²) in [6, 6.07) is 10.9. The number of aromatic nitrogens is 2. The van der Waals surface area contributed by atoms with Crippen molar-refractivity contribution in [1.29, 1.82) is 0 Å². The van der Waals surface area contributed by atoms with Crippen LogP contribution in [0.1, 0.15) is 0 Å². The number of para-hydroxylation sites is 1. The maximum Gasteiger partial charge on any atom is 0.173 e. The Bertz CT molecular complexity index is 802. The molecular formula is C16H13FN2O3. The van der Waals surface area contributed by atoms with E-state index in [1.807, 2.05) is 0 Å². The molecule has 0 fully saturated rings. The van der Waals surface area contributed by atoms with Crippen LogP contribution >= 0.6 is 0 Å². The number of nitrogens with one attached hydrogen (secondary N) is 1. The molecular weight excluding hydrogens is 287 g/mol. The predicted molar refractivity (Wildman–Crippen MR) is 78.7 cm³/mol. The van der Waals surface area contributed by atoms with Gasteiger partial charge in [-0.15, -0.1) is 0 Å². The van der Waals surface area contributed by atoms with E-state index < -0.39 is 5.82 Å². The Morgan fingerprint density at radius 1 is 1.14 bits per heavy atom. The number of hydrogen-bond acceptors (Lipinski definition) is 4. The third-order valence-electron chi connectivity index (χ3n) is 3.12. The van der Waals surface area contributed by atoms with E-state index in [1.165, 1.54) is 31.5 Å². The molecule has 2 N–H and O–H groups in total. The molecule has 3 rings (SSSR count). The first kappa shape index (κ1) is 13.9. The molecule has 0 radical (unpaired) electrons. The molecule has 2 aromatic carbocycles. The molecule has 1 aromatic heterocycles. The van der Waals surface area contributed by atoms with Gasteiger partial charge in [0.15, 0.2) is 17.3 Å². The minimum atomic E-state index is -0.478. The smallest absolute Gasteiger partial charge is 0.173 e. The van der Waals surface area contributed by atoms with Crippen molar-refractivity contribution in [3.63, 3.8) is 0 Å². The molecule has 22 heavy (non-hydrogen) atoms. The van der Waals surface area contributed by atoms with Crippen molar-refractivity contribution in [2.45, 2.75) is 0 Å². The number of halogens is 1. The van der Waals surface area contributed by atoms with Crippen molar-refractivity contribution in [1.82, 2.24) is 10.2 Å². The zero-order chi connectivity index (χ0) is 15.5. The molecule has 1 heterocycles. The number of methoxy groups -OCH3 is 1. The lowest BCUT2D eigenvalue weighted by molar-refractivity contribution is 0.408. The van der Waals surface area contributed by atoms with Crippen LogP contribution in [0.4, 0.5) is 4.39 Å². The van der Waals surface area contributed by atoms with E-state index in [0.717, 1.165) is 0 Å².